The maximum atomic E-state index is 13.3. The van der Waals surface area contributed by atoms with Crippen molar-refractivity contribution >= 4 is 90.3 Å². The molecule has 3 aromatic carbocycles. The number of methoxy groups -OCH3 is 1. The van der Waals surface area contributed by atoms with Crippen LogP contribution in [0.5, 0.6) is 5.75 Å². The number of aromatic nitrogens is 1. The number of rotatable bonds is 6. The van der Waals surface area contributed by atoms with E-state index in [9.17, 15) is 4.79 Å². The van der Waals surface area contributed by atoms with Crippen molar-refractivity contribution in [3.05, 3.63) is 103 Å². The van der Waals surface area contributed by atoms with Crippen molar-refractivity contribution in [1.29, 1.82) is 0 Å². The normalized spacial score (nSPS) is 14.9. The van der Waals surface area contributed by atoms with Gasteiger partial charge < -0.3 is 9.30 Å². The number of ether oxygens (including phenoxy) is 1. The number of carbonyl (C=O) groups excluding carboxylic acids is 1. The molecule has 0 spiro atoms. The molecule has 1 aliphatic rings. The molecule has 1 fully saturated rings. The lowest BCUT2D eigenvalue weighted by molar-refractivity contribution is -0.122. The van der Waals surface area contributed by atoms with Crippen molar-refractivity contribution in [2.24, 2.45) is 0 Å². The number of benzene rings is 3. The van der Waals surface area contributed by atoms with Crippen LogP contribution in [0.15, 0.2) is 76.2 Å². The van der Waals surface area contributed by atoms with Gasteiger partial charge in [0, 0.05) is 43.7 Å². The van der Waals surface area contributed by atoms with Gasteiger partial charge in [-0.2, -0.15) is 0 Å². The molecule has 0 atom stereocenters. The fourth-order valence-electron chi connectivity index (χ4n) is 4.07. The number of nitrogens with zero attached hydrogens (tertiary/aromatic N) is 2. The van der Waals surface area contributed by atoms with Gasteiger partial charge in [-0.25, -0.2) is 0 Å². The molecule has 1 amide bonds. The van der Waals surface area contributed by atoms with E-state index in [1.165, 1.54) is 11.8 Å². The molecule has 5 rings (SSSR count). The summed E-state index contributed by atoms with van der Waals surface area (Å²) < 4.78 is 8.85. The summed E-state index contributed by atoms with van der Waals surface area (Å²) >= 11 is 23.0. The SMILES string of the molecule is COc1ccc(CN2C(=O)/C(=C/c3cn(Cc4ccc(Cl)cc4Cl)c4ccc(Br)cc34)SC2=S)cc1. The molecule has 4 nitrogen and oxygen atoms in total. The van der Waals surface area contributed by atoms with Gasteiger partial charge in [-0.3, -0.25) is 9.69 Å². The van der Waals surface area contributed by atoms with Crippen LogP contribution in [0.25, 0.3) is 17.0 Å². The number of amides is 1. The largest absolute Gasteiger partial charge is 0.497 e. The first-order valence-corrected chi connectivity index (χ1v) is 13.7. The smallest absolute Gasteiger partial charge is 0.266 e. The number of fused-ring (bicyclic) bond motifs is 1. The second kappa shape index (κ2) is 10.6. The molecule has 0 aliphatic carbocycles. The van der Waals surface area contributed by atoms with Crippen LogP contribution in [0.3, 0.4) is 0 Å². The Kier molecular flexibility index (Phi) is 7.47. The van der Waals surface area contributed by atoms with Gasteiger partial charge in [0.15, 0.2) is 0 Å². The van der Waals surface area contributed by atoms with Crippen molar-refractivity contribution in [3.8, 4) is 5.75 Å². The van der Waals surface area contributed by atoms with Gasteiger partial charge in [0.2, 0.25) is 0 Å². The lowest BCUT2D eigenvalue weighted by Gasteiger charge is -2.14. The Morgan fingerprint density at radius 3 is 2.56 bits per heavy atom. The molecule has 4 aromatic rings. The van der Waals surface area contributed by atoms with Gasteiger partial charge in [0.05, 0.1) is 18.6 Å². The molecule has 1 aromatic heterocycles. The van der Waals surface area contributed by atoms with Crippen molar-refractivity contribution in [3.63, 3.8) is 0 Å². The van der Waals surface area contributed by atoms with Gasteiger partial charge in [0.25, 0.3) is 5.91 Å². The topological polar surface area (TPSA) is 34.5 Å². The summed E-state index contributed by atoms with van der Waals surface area (Å²) in [6.07, 6.45) is 3.96. The monoisotopic (exact) mass is 616 g/mol. The van der Waals surface area contributed by atoms with Gasteiger partial charge in [-0.15, -0.1) is 0 Å². The van der Waals surface area contributed by atoms with E-state index in [0.29, 0.717) is 32.4 Å². The van der Waals surface area contributed by atoms with Crippen molar-refractivity contribution in [2.75, 3.05) is 7.11 Å². The summed E-state index contributed by atoms with van der Waals surface area (Å²) in [6.45, 7) is 0.981. The summed E-state index contributed by atoms with van der Waals surface area (Å²) in [7, 11) is 1.63. The average Bonchev–Trinajstić information content (AvgIpc) is 3.32. The third kappa shape index (κ3) is 5.22. The highest BCUT2D eigenvalue weighted by molar-refractivity contribution is 9.10. The van der Waals surface area contributed by atoms with E-state index in [-0.39, 0.29) is 5.91 Å². The van der Waals surface area contributed by atoms with Crippen molar-refractivity contribution in [1.82, 2.24) is 9.47 Å². The predicted molar refractivity (Wildman–Crippen MR) is 157 cm³/mol. The molecule has 2 heterocycles. The highest BCUT2D eigenvalue weighted by Crippen LogP contribution is 2.36. The standard InChI is InChI=1S/C27H19BrCl2N2O2S2/c1-34-21-7-2-16(3-8-21)13-32-26(33)25(36-27(32)35)10-18-15-31(24-9-5-19(28)11-22(18)24)14-17-4-6-20(29)12-23(17)30/h2-12,15H,13-14H2,1H3/b25-10-. The molecule has 1 saturated heterocycles. The summed E-state index contributed by atoms with van der Waals surface area (Å²) in [5.74, 6) is 0.670. The Balaban J connectivity index is 1.47. The molecule has 0 radical (unpaired) electrons. The quantitative estimate of drug-likeness (QED) is 0.161. The highest BCUT2D eigenvalue weighted by atomic mass is 79.9. The maximum absolute atomic E-state index is 13.3. The van der Waals surface area contributed by atoms with Crippen LogP contribution in [-0.4, -0.2) is 26.8 Å². The molecule has 0 saturated carbocycles. The molecular weight excluding hydrogens is 599 g/mol. The molecule has 36 heavy (non-hydrogen) atoms. The molecule has 182 valence electrons. The van der Waals surface area contributed by atoms with Crippen molar-refractivity contribution in [2.45, 2.75) is 13.1 Å². The molecule has 0 N–H and O–H groups in total. The van der Waals surface area contributed by atoms with Gasteiger partial charge in [0.1, 0.15) is 10.1 Å². The van der Waals surface area contributed by atoms with E-state index < -0.39 is 0 Å². The van der Waals surface area contributed by atoms with E-state index in [2.05, 4.69) is 32.6 Å². The summed E-state index contributed by atoms with van der Waals surface area (Å²) in [5, 5.41) is 2.24. The Bertz CT molecular complexity index is 1530. The number of hydrogen-bond acceptors (Lipinski definition) is 4. The van der Waals surface area contributed by atoms with Crippen molar-refractivity contribution < 1.29 is 9.53 Å². The average molecular weight is 618 g/mol. The zero-order chi connectivity index (χ0) is 25.4. The summed E-state index contributed by atoms with van der Waals surface area (Å²) in [4.78, 5) is 15.5. The number of thioether (sulfide) groups is 1. The fraction of sp³-hybridized carbons (Fsp3) is 0.111. The third-order valence-electron chi connectivity index (χ3n) is 5.89. The second-order valence-electron chi connectivity index (χ2n) is 8.23. The fourth-order valence-corrected chi connectivity index (χ4v) is 6.14. The number of halogens is 3. The van der Waals surface area contributed by atoms with Crippen LogP contribution in [-0.2, 0) is 17.9 Å². The lowest BCUT2D eigenvalue weighted by Crippen LogP contribution is -2.27. The summed E-state index contributed by atoms with van der Waals surface area (Å²) in [5.41, 5.74) is 3.90. The second-order valence-corrected chi connectivity index (χ2v) is 11.7. The Morgan fingerprint density at radius 1 is 1.06 bits per heavy atom. The van der Waals surface area contributed by atoms with E-state index in [1.807, 2.05) is 54.7 Å². The number of carbonyl (C=O) groups is 1. The molecule has 1 aliphatic heterocycles. The highest BCUT2D eigenvalue weighted by Gasteiger charge is 2.32. The minimum atomic E-state index is -0.0996. The Morgan fingerprint density at radius 2 is 1.83 bits per heavy atom. The van der Waals surface area contributed by atoms with Crippen LogP contribution in [0.4, 0.5) is 0 Å². The van der Waals surface area contributed by atoms with Gasteiger partial charge >= 0.3 is 0 Å². The number of hydrogen-bond donors (Lipinski definition) is 0. The van der Waals surface area contributed by atoms with E-state index in [4.69, 9.17) is 40.2 Å². The first-order valence-electron chi connectivity index (χ1n) is 10.9. The predicted octanol–water partition coefficient (Wildman–Crippen LogP) is 8.17. The number of thiocarbonyl (C=S) groups is 1. The van der Waals surface area contributed by atoms with Crippen LogP contribution < -0.4 is 4.74 Å². The Hall–Kier alpha value is -2.29. The van der Waals surface area contributed by atoms with Crippen LogP contribution in [0, 0.1) is 0 Å². The third-order valence-corrected chi connectivity index (χ3v) is 8.35. The van der Waals surface area contributed by atoms with Gasteiger partial charge in [-0.1, -0.05) is 81.3 Å². The zero-order valence-electron chi connectivity index (χ0n) is 19.0. The van der Waals surface area contributed by atoms with Crippen LogP contribution >= 0.6 is 63.1 Å². The van der Waals surface area contributed by atoms with Crippen LogP contribution in [0.2, 0.25) is 10.0 Å². The molecule has 0 bridgehead atoms. The lowest BCUT2D eigenvalue weighted by atomic mass is 10.1. The van der Waals surface area contributed by atoms with E-state index in [1.54, 1.807) is 18.1 Å². The van der Waals surface area contributed by atoms with Gasteiger partial charge in [-0.05, 0) is 59.7 Å². The molecule has 0 unspecified atom stereocenters. The summed E-state index contributed by atoms with van der Waals surface area (Å²) in [6, 6.07) is 19.2. The van der Waals surface area contributed by atoms with E-state index in [0.717, 1.165) is 37.8 Å². The molecule has 9 heteroatoms. The van der Waals surface area contributed by atoms with Crippen LogP contribution in [0.1, 0.15) is 16.7 Å². The first kappa shape index (κ1) is 25.4. The van der Waals surface area contributed by atoms with E-state index >= 15 is 0 Å². The maximum Gasteiger partial charge on any atom is 0.266 e. The minimum Gasteiger partial charge on any atom is -0.497 e. The Labute approximate surface area is 236 Å². The zero-order valence-corrected chi connectivity index (χ0v) is 23.7. The first-order chi connectivity index (χ1) is 17.3. The molecular formula is C27H19BrCl2N2O2S2. The minimum absolute atomic E-state index is 0.0996.